The lowest BCUT2D eigenvalue weighted by Gasteiger charge is -2.14. The van der Waals surface area contributed by atoms with Crippen molar-refractivity contribution in [2.75, 3.05) is 19.7 Å². The maximum Gasteiger partial charge on any atom is 0.257 e. The fourth-order valence-corrected chi connectivity index (χ4v) is 1.76. The Morgan fingerprint density at radius 3 is 2.84 bits per heavy atom. The number of carbonyl (C=O) groups excluding carboxylic acids is 1. The van der Waals surface area contributed by atoms with Crippen LogP contribution in [0.2, 0.25) is 0 Å². The maximum atomic E-state index is 11.4. The highest BCUT2D eigenvalue weighted by molar-refractivity contribution is 5.77. The second-order valence-electron chi connectivity index (χ2n) is 4.49. The number of hydrogen-bond acceptors (Lipinski definition) is 3. The molecule has 106 valence electrons. The molecular formula is C15H24N2O2. The van der Waals surface area contributed by atoms with Gasteiger partial charge in [0.1, 0.15) is 5.75 Å². The van der Waals surface area contributed by atoms with Gasteiger partial charge in [-0.05, 0) is 37.6 Å². The molecule has 4 nitrogen and oxygen atoms in total. The predicted molar refractivity (Wildman–Crippen MR) is 77.3 cm³/mol. The Labute approximate surface area is 115 Å². The molecule has 0 bridgehead atoms. The molecule has 1 amide bonds. The van der Waals surface area contributed by atoms with E-state index in [9.17, 15) is 4.79 Å². The lowest BCUT2D eigenvalue weighted by Crippen LogP contribution is -2.29. The van der Waals surface area contributed by atoms with Gasteiger partial charge in [-0.2, -0.15) is 0 Å². The Bertz CT molecular complexity index is 393. The van der Waals surface area contributed by atoms with E-state index in [2.05, 4.69) is 30.5 Å². The molecule has 0 aliphatic rings. The monoisotopic (exact) mass is 264 g/mol. The summed E-state index contributed by atoms with van der Waals surface area (Å²) in [6, 6.07) is 8.12. The zero-order chi connectivity index (χ0) is 14.1. The Morgan fingerprint density at radius 1 is 1.37 bits per heavy atom. The van der Waals surface area contributed by atoms with E-state index in [0.717, 1.165) is 24.3 Å². The summed E-state index contributed by atoms with van der Waals surface area (Å²) < 4.78 is 5.49. The highest BCUT2D eigenvalue weighted by Crippen LogP contribution is 2.18. The molecule has 0 fully saturated rings. The molecule has 4 heteroatoms. The van der Waals surface area contributed by atoms with E-state index < -0.39 is 0 Å². The number of nitrogens with one attached hydrogen (secondary N) is 2. The molecule has 0 aromatic heterocycles. The van der Waals surface area contributed by atoms with Crippen LogP contribution in [-0.2, 0) is 4.79 Å². The minimum atomic E-state index is -0.0769. The predicted octanol–water partition coefficient (Wildman–Crippen LogP) is 2.26. The quantitative estimate of drug-likeness (QED) is 0.757. The summed E-state index contributed by atoms with van der Waals surface area (Å²) in [7, 11) is 0. The zero-order valence-electron chi connectivity index (χ0n) is 12.0. The van der Waals surface area contributed by atoms with Crippen molar-refractivity contribution in [1.29, 1.82) is 0 Å². The average molecular weight is 264 g/mol. The zero-order valence-corrected chi connectivity index (χ0v) is 12.0. The lowest BCUT2D eigenvalue weighted by molar-refractivity contribution is -0.123. The number of amides is 1. The molecule has 0 spiro atoms. The summed E-state index contributed by atoms with van der Waals surface area (Å²) in [6.07, 6.45) is 0.932. The summed E-state index contributed by atoms with van der Waals surface area (Å²) in [4.78, 5) is 11.4. The van der Waals surface area contributed by atoms with Crippen LogP contribution in [0.15, 0.2) is 24.3 Å². The smallest absolute Gasteiger partial charge is 0.257 e. The van der Waals surface area contributed by atoms with E-state index in [4.69, 9.17) is 4.74 Å². The van der Waals surface area contributed by atoms with Gasteiger partial charge in [0, 0.05) is 12.6 Å². The van der Waals surface area contributed by atoms with Gasteiger partial charge in [-0.1, -0.05) is 26.0 Å². The summed E-state index contributed by atoms with van der Waals surface area (Å²) in [6.45, 7) is 7.89. The van der Waals surface area contributed by atoms with Crippen molar-refractivity contribution in [3.8, 4) is 5.75 Å². The minimum Gasteiger partial charge on any atom is -0.484 e. The van der Waals surface area contributed by atoms with Crippen molar-refractivity contribution in [3.05, 3.63) is 29.8 Å². The van der Waals surface area contributed by atoms with Crippen LogP contribution in [0.1, 0.15) is 38.8 Å². The van der Waals surface area contributed by atoms with E-state index in [1.807, 2.05) is 25.1 Å². The second kappa shape index (κ2) is 8.53. The van der Waals surface area contributed by atoms with Gasteiger partial charge in [-0.15, -0.1) is 0 Å². The molecule has 0 saturated heterocycles. The summed E-state index contributed by atoms with van der Waals surface area (Å²) >= 11 is 0. The molecular weight excluding hydrogens is 240 g/mol. The van der Waals surface area contributed by atoms with Crippen LogP contribution in [0.4, 0.5) is 0 Å². The molecule has 0 saturated carbocycles. The third-order valence-corrected chi connectivity index (χ3v) is 2.81. The second-order valence-corrected chi connectivity index (χ2v) is 4.49. The first-order valence-electron chi connectivity index (χ1n) is 6.90. The molecule has 1 aromatic carbocycles. The Hall–Kier alpha value is -1.55. The number of ether oxygens (including phenoxy) is 1. The van der Waals surface area contributed by atoms with Gasteiger partial charge in [-0.25, -0.2) is 0 Å². The fraction of sp³-hybridized carbons (Fsp3) is 0.533. The fourth-order valence-electron chi connectivity index (χ4n) is 1.76. The van der Waals surface area contributed by atoms with Crippen molar-refractivity contribution in [3.63, 3.8) is 0 Å². The molecule has 0 aliphatic carbocycles. The normalized spacial score (nSPS) is 11.9. The van der Waals surface area contributed by atoms with E-state index >= 15 is 0 Å². The largest absolute Gasteiger partial charge is 0.484 e. The summed E-state index contributed by atoms with van der Waals surface area (Å²) in [5.74, 6) is 0.654. The van der Waals surface area contributed by atoms with Crippen molar-refractivity contribution in [1.82, 2.24) is 10.6 Å². The minimum absolute atomic E-state index is 0.0685. The van der Waals surface area contributed by atoms with Crippen molar-refractivity contribution in [2.45, 2.75) is 33.2 Å². The van der Waals surface area contributed by atoms with Crippen LogP contribution < -0.4 is 15.4 Å². The molecule has 1 aromatic rings. The third kappa shape index (κ3) is 5.75. The van der Waals surface area contributed by atoms with Crippen LogP contribution in [0.3, 0.4) is 0 Å². The van der Waals surface area contributed by atoms with Crippen LogP contribution >= 0.6 is 0 Å². The number of hydrogen-bond donors (Lipinski definition) is 2. The van der Waals surface area contributed by atoms with E-state index in [-0.39, 0.29) is 18.6 Å². The van der Waals surface area contributed by atoms with E-state index in [1.165, 1.54) is 0 Å². The van der Waals surface area contributed by atoms with Gasteiger partial charge < -0.3 is 15.4 Å². The first-order chi connectivity index (χ1) is 9.17. The van der Waals surface area contributed by atoms with Crippen molar-refractivity contribution in [2.24, 2.45) is 0 Å². The highest BCUT2D eigenvalue weighted by atomic mass is 16.5. The number of rotatable bonds is 8. The number of carbonyl (C=O) groups is 1. The van der Waals surface area contributed by atoms with E-state index in [0.29, 0.717) is 6.54 Å². The molecule has 0 heterocycles. The molecule has 2 N–H and O–H groups in total. The van der Waals surface area contributed by atoms with Gasteiger partial charge in [-0.3, -0.25) is 4.79 Å². The molecule has 19 heavy (non-hydrogen) atoms. The van der Waals surface area contributed by atoms with Crippen molar-refractivity contribution < 1.29 is 9.53 Å². The summed E-state index contributed by atoms with van der Waals surface area (Å²) in [5, 5.41) is 6.13. The van der Waals surface area contributed by atoms with Crippen molar-refractivity contribution >= 4 is 5.91 Å². The Morgan fingerprint density at radius 2 is 2.16 bits per heavy atom. The first-order valence-corrected chi connectivity index (χ1v) is 6.90. The van der Waals surface area contributed by atoms with Gasteiger partial charge in [0.25, 0.3) is 5.91 Å². The van der Waals surface area contributed by atoms with Crippen LogP contribution in [0.25, 0.3) is 0 Å². The molecule has 1 unspecified atom stereocenters. The maximum absolute atomic E-state index is 11.4. The van der Waals surface area contributed by atoms with Crippen LogP contribution in [-0.4, -0.2) is 25.6 Å². The molecule has 1 atom stereocenters. The lowest BCUT2D eigenvalue weighted by atomic mass is 10.1. The van der Waals surface area contributed by atoms with Gasteiger partial charge in [0.2, 0.25) is 0 Å². The first kappa shape index (κ1) is 15.5. The third-order valence-electron chi connectivity index (χ3n) is 2.81. The summed E-state index contributed by atoms with van der Waals surface area (Å²) in [5.41, 5.74) is 1.16. The van der Waals surface area contributed by atoms with Crippen LogP contribution in [0, 0.1) is 0 Å². The Kier molecular flexibility index (Phi) is 6.97. The van der Waals surface area contributed by atoms with Gasteiger partial charge >= 0.3 is 0 Å². The Balaban J connectivity index is 2.50. The average Bonchev–Trinajstić information content (AvgIpc) is 2.43. The highest BCUT2D eigenvalue weighted by Gasteiger charge is 2.06. The van der Waals surface area contributed by atoms with Gasteiger partial charge in [0.15, 0.2) is 6.61 Å². The standard InChI is InChI=1S/C15H24N2O2/c1-4-9-17-15(18)11-19-14-8-6-7-13(10-14)12(3)16-5-2/h6-8,10,12,16H,4-5,9,11H2,1-3H3,(H,17,18). The molecule has 1 rings (SSSR count). The van der Waals surface area contributed by atoms with E-state index in [1.54, 1.807) is 0 Å². The topological polar surface area (TPSA) is 50.4 Å². The molecule has 0 radical (unpaired) electrons. The number of benzene rings is 1. The van der Waals surface area contributed by atoms with Crippen LogP contribution in [0.5, 0.6) is 5.75 Å². The molecule has 0 aliphatic heterocycles. The van der Waals surface area contributed by atoms with Gasteiger partial charge in [0.05, 0.1) is 0 Å². The SMILES string of the molecule is CCCNC(=O)COc1cccc(C(C)NCC)c1.